The van der Waals surface area contributed by atoms with E-state index in [1.54, 1.807) is 23.1 Å². The summed E-state index contributed by atoms with van der Waals surface area (Å²) in [6.45, 7) is 2.05. The Morgan fingerprint density at radius 3 is 3.08 bits per heavy atom. The highest BCUT2D eigenvalue weighted by Crippen LogP contribution is 2.08. The molecule has 64 valence electrons. The highest BCUT2D eigenvalue weighted by Gasteiger charge is 2.03. The topological polar surface area (TPSA) is 54.0 Å². The minimum absolute atomic E-state index is 0.526. The van der Waals surface area contributed by atoms with Crippen LogP contribution in [0, 0.1) is 11.3 Å². The highest BCUT2D eigenvalue weighted by atomic mass is 15.2. The molecule has 2 aromatic rings. The first-order valence-electron chi connectivity index (χ1n) is 4.07. The molecule has 0 aliphatic heterocycles. The summed E-state index contributed by atoms with van der Waals surface area (Å²) >= 11 is 0. The fourth-order valence-corrected chi connectivity index (χ4v) is 1.23. The quantitative estimate of drug-likeness (QED) is 0.648. The van der Waals surface area contributed by atoms with Crippen LogP contribution in [-0.4, -0.2) is 14.6 Å². The molecule has 0 saturated carbocycles. The lowest BCUT2D eigenvalue weighted by atomic mass is 10.3. The van der Waals surface area contributed by atoms with Crippen molar-refractivity contribution in [1.82, 2.24) is 14.6 Å². The number of nitriles is 1. The number of hydrogen-bond acceptors (Lipinski definition) is 3. The Balaban J connectivity index is 2.70. The first-order chi connectivity index (χ1) is 6.35. The summed E-state index contributed by atoms with van der Waals surface area (Å²) < 4.78 is 1.64. The molecule has 4 nitrogen and oxygen atoms in total. The average Bonchev–Trinajstić information content (AvgIpc) is 2.59. The van der Waals surface area contributed by atoms with E-state index in [0.717, 1.165) is 17.6 Å². The molecule has 0 aliphatic carbocycles. The van der Waals surface area contributed by atoms with Crippen molar-refractivity contribution in [2.45, 2.75) is 13.3 Å². The Morgan fingerprint density at radius 2 is 2.38 bits per heavy atom. The number of fused-ring (bicyclic) bond motifs is 1. The van der Waals surface area contributed by atoms with Gasteiger partial charge in [-0.1, -0.05) is 6.92 Å². The average molecular weight is 172 g/mol. The maximum Gasteiger partial charge on any atom is 0.158 e. The van der Waals surface area contributed by atoms with Gasteiger partial charge in [-0.25, -0.2) is 9.50 Å². The van der Waals surface area contributed by atoms with E-state index in [1.807, 2.05) is 6.07 Å². The van der Waals surface area contributed by atoms with Crippen LogP contribution in [0.15, 0.2) is 18.6 Å². The van der Waals surface area contributed by atoms with Crippen LogP contribution in [0.2, 0.25) is 0 Å². The van der Waals surface area contributed by atoms with Gasteiger partial charge in [0.1, 0.15) is 6.07 Å². The van der Waals surface area contributed by atoms with Crippen LogP contribution in [0.5, 0.6) is 0 Å². The molecule has 0 aromatic carbocycles. The fourth-order valence-electron chi connectivity index (χ4n) is 1.23. The molecule has 0 spiro atoms. The SMILES string of the molecule is CCc1cnn2cc(C#N)cnc12. The van der Waals surface area contributed by atoms with Crippen molar-refractivity contribution in [3.8, 4) is 6.07 Å². The lowest BCUT2D eigenvalue weighted by molar-refractivity contribution is 0.934. The monoisotopic (exact) mass is 172 g/mol. The van der Waals surface area contributed by atoms with E-state index in [-0.39, 0.29) is 0 Å². The molecule has 2 rings (SSSR count). The van der Waals surface area contributed by atoms with Gasteiger partial charge in [0.05, 0.1) is 18.0 Å². The van der Waals surface area contributed by atoms with E-state index in [1.165, 1.54) is 0 Å². The van der Waals surface area contributed by atoms with E-state index in [0.29, 0.717) is 5.56 Å². The van der Waals surface area contributed by atoms with Crippen LogP contribution in [-0.2, 0) is 6.42 Å². The van der Waals surface area contributed by atoms with Crippen LogP contribution in [0.4, 0.5) is 0 Å². The summed E-state index contributed by atoms with van der Waals surface area (Å²) in [5.74, 6) is 0. The third kappa shape index (κ3) is 1.14. The van der Waals surface area contributed by atoms with Crippen molar-refractivity contribution < 1.29 is 0 Å². The third-order valence-electron chi connectivity index (χ3n) is 1.94. The van der Waals surface area contributed by atoms with Gasteiger partial charge in [-0.2, -0.15) is 10.4 Å². The number of aryl methyl sites for hydroxylation is 1. The Bertz CT molecular complexity index is 478. The predicted molar refractivity (Wildman–Crippen MR) is 47.1 cm³/mol. The number of hydrogen-bond donors (Lipinski definition) is 0. The van der Waals surface area contributed by atoms with E-state index >= 15 is 0 Å². The number of nitrogens with zero attached hydrogens (tertiary/aromatic N) is 4. The maximum atomic E-state index is 8.63. The van der Waals surface area contributed by atoms with E-state index in [9.17, 15) is 0 Å². The van der Waals surface area contributed by atoms with Gasteiger partial charge in [0.25, 0.3) is 0 Å². The molecule has 0 radical (unpaired) electrons. The van der Waals surface area contributed by atoms with Gasteiger partial charge < -0.3 is 0 Å². The first-order valence-corrected chi connectivity index (χ1v) is 4.07. The molecule has 0 fully saturated rings. The maximum absolute atomic E-state index is 8.63. The van der Waals surface area contributed by atoms with E-state index < -0.39 is 0 Å². The summed E-state index contributed by atoms with van der Waals surface area (Å²) in [6.07, 6.45) is 5.93. The Morgan fingerprint density at radius 1 is 1.54 bits per heavy atom. The standard InChI is InChI=1S/C9H8N4/c1-2-8-5-12-13-6-7(3-10)4-11-9(8)13/h4-6H,2H2,1H3. The molecule has 0 saturated heterocycles. The van der Waals surface area contributed by atoms with Crippen LogP contribution in [0.1, 0.15) is 18.1 Å². The van der Waals surface area contributed by atoms with Crippen molar-refractivity contribution in [1.29, 1.82) is 5.26 Å². The second kappa shape index (κ2) is 2.87. The van der Waals surface area contributed by atoms with Crippen molar-refractivity contribution in [2.24, 2.45) is 0 Å². The Labute approximate surface area is 75.4 Å². The molecule has 13 heavy (non-hydrogen) atoms. The minimum Gasteiger partial charge on any atom is -0.235 e. The van der Waals surface area contributed by atoms with Crippen LogP contribution < -0.4 is 0 Å². The first kappa shape index (κ1) is 7.74. The molecule has 0 atom stereocenters. The van der Waals surface area contributed by atoms with Gasteiger partial charge in [-0.3, -0.25) is 0 Å². The normalized spacial score (nSPS) is 10.2. The third-order valence-corrected chi connectivity index (χ3v) is 1.94. The Hall–Kier alpha value is -1.89. The van der Waals surface area contributed by atoms with Gasteiger partial charge in [0.2, 0.25) is 0 Å². The summed E-state index contributed by atoms with van der Waals surface area (Å²) in [5, 5.41) is 12.7. The minimum atomic E-state index is 0.526. The molecule has 0 unspecified atom stereocenters. The summed E-state index contributed by atoms with van der Waals surface area (Å²) in [5.41, 5.74) is 2.46. The summed E-state index contributed by atoms with van der Waals surface area (Å²) in [7, 11) is 0. The molecule has 4 heteroatoms. The van der Waals surface area contributed by atoms with E-state index in [4.69, 9.17) is 5.26 Å². The zero-order valence-corrected chi connectivity index (χ0v) is 7.23. The molecular formula is C9H8N4. The molecular weight excluding hydrogens is 164 g/mol. The van der Waals surface area contributed by atoms with Crippen LogP contribution in [0.3, 0.4) is 0 Å². The smallest absolute Gasteiger partial charge is 0.158 e. The van der Waals surface area contributed by atoms with Crippen LogP contribution >= 0.6 is 0 Å². The highest BCUT2D eigenvalue weighted by molar-refractivity contribution is 5.47. The van der Waals surface area contributed by atoms with Crippen LogP contribution in [0.25, 0.3) is 5.65 Å². The van der Waals surface area contributed by atoms with Crippen molar-refractivity contribution >= 4 is 5.65 Å². The van der Waals surface area contributed by atoms with Gasteiger partial charge in [0, 0.05) is 11.8 Å². The zero-order valence-electron chi connectivity index (χ0n) is 7.23. The largest absolute Gasteiger partial charge is 0.235 e. The van der Waals surface area contributed by atoms with Gasteiger partial charge in [-0.15, -0.1) is 0 Å². The Kier molecular flexibility index (Phi) is 1.71. The van der Waals surface area contributed by atoms with Crippen molar-refractivity contribution in [2.75, 3.05) is 0 Å². The van der Waals surface area contributed by atoms with Crippen molar-refractivity contribution in [3.05, 3.63) is 29.7 Å². The number of rotatable bonds is 1. The predicted octanol–water partition coefficient (Wildman–Crippen LogP) is 1.16. The fraction of sp³-hybridized carbons (Fsp3) is 0.222. The lowest BCUT2D eigenvalue weighted by Gasteiger charge is -1.93. The number of aromatic nitrogens is 3. The summed E-state index contributed by atoms with van der Waals surface area (Å²) in [6, 6.07) is 2.02. The van der Waals surface area contributed by atoms with Crippen molar-refractivity contribution in [3.63, 3.8) is 0 Å². The van der Waals surface area contributed by atoms with E-state index in [2.05, 4.69) is 17.0 Å². The molecule has 0 aliphatic rings. The second-order valence-corrected chi connectivity index (χ2v) is 2.75. The van der Waals surface area contributed by atoms with Gasteiger partial charge in [-0.05, 0) is 6.42 Å². The molecule has 0 N–H and O–H groups in total. The lowest BCUT2D eigenvalue weighted by Crippen LogP contribution is -1.92. The molecule has 0 bridgehead atoms. The van der Waals surface area contributed by atoms with Gasteiger partial charge >= 0.3 is 0 Å². The molecule has 2 aromatic heterocycles. The van der Waals surface area contributed by atoms with Gasteiger partial charge in [0.15, 0.2) is 5.65 Å². The zero-order chi connectivity index (χ0) is 9.26. The summed E-state index contributed by atoms with van der Waals surface area (Å²) in [4.78, 5) is 4.16. The molecule has 0 amide bonds. The second-order valence-electron chi connectivity index (χ2n) is 2.75. The molecule has 2 heterocycles.